The van der Waals surface area contributed by atoms with Crippen molar-refractivity contribution in [3.63, 3.8) is 0 Å². The van der Waals surface area contributed by atoms with Gasteiger partial charge in [0.25, 0.3) is 0 Å². The SMILES string of the molecule is C1=Cc2ccccc2ON=C1.C1CCOCC1. The summed E-state index contributed by atoms with van der Waals surface area (Å²) in [5.74, 6) is 0.803. The smallest absolute Gasteiger partial charge is 0.165 e. The Balaban J connectivity index is 0.000000153. The molecule has 2 heterocycles. The summed E-state index contributed by atoms with van der Waals surface area (Å²) < 4.78 is 5.07. The first-order chi connectivity index (χ1) is 8.47. The van der Waals surface area contributed by atoms with Gasteiger partial charge in [0.1, 0.15) is 0 Å². The predicted molar refractivity (Wildman–Crippen MR) is 69.3 cm³/mol. The first-order valence-electron chi connectivity index (χ1n) is 6.00. The van der Waals surface area contributed by atoms with E-state index in [0.29, 0.717) is 0 Å². The van der Waals surface area contributed by atoms with E-state index < -0.39 is 0 Å². The second kappa shape index (κ2) is 6.86. The van der Waals surface area contributed by atoms with Gasteiger partial charge in [0.15, 0.2) is 5.75 Å². The zero-order valence-corrected chi connectivity index (χ0v) is 9.84. The minimum Gasteiger partial charge on any atom is -0.381 e. The number of allylic oxidation sites excluding steroid dienone is 1. The average molecular weight is 231 g/mol. The molecule has 0 aliphatic carbocycles. The van der Waals surface area contributed by atoms with Crippen molar-refractivity contribution in [2.75, 3.05) is 13.2 Å². The molecule has 1 aromatic rings. The van der Waals surface area contributed by atoms with Gasteiger partial charge in [-0.05, 0) is 37.5 Å². The van der Waals surface area contributed by atoms with Gasteiger partial charge in [0, 0.05) is 18.8 Å². The largest absolute Gasteiger partial charge is 0.381 e. The van der Waals surface area contributed by atoms with Crippen molar-refractivity contribution in [1.29, 1.82) is 0 Å². The van der Waals surface area contributed by atoms with E-state index in [1.54, 1.807) is 6.21 Å². The van der Waals surface area contributed by atoms with E-state index in [4.69, 9.17) is 9.57 Å². The molecule has 0 saturated carbocycles. The van der Waals surface area contributed by atoms with Crippen LogP contribution in [0.4, 0.5) is 0 Å². The summed E-state index contributed by atoms with van der Waals surface area (Å²) >= 11 is 0. The highest BCUT2D eigenvalue weighted by atomic mass is 16.6. The van der Waals surface area contributed by atoms with Gasteiger partial charge in [-0.3, -0.25) is 0 Å². The van der Waals surface area contributed by atoms with Crippen LogP contribution in [0.15, 0.2) is 35.5 Å². The Bertz CT molecular complexity index is 383. The monoisotopic (exact) mass is 231 g/mol. The number of benzene rings is 1. The third kappa shape index (κ3) is 4.04. The van der Waals surface area contributed by atoms with Crippen LogP contribution in [-0.4, -0.2) is 19.4 Å². The summed E-state index contributed by atoms with van der Waals surface area (Å²) in [4.78, 5) is 5.06. The molecule has 2 aliphatic rings. The van der Waals surface area contributed by atoms with Gasteiger partial charge in [0.05, 0.1) is 6.21 Å². The van der Waals surface area contributed by atoms with Crippen LogP contribution in [0.25, 0.3) is 6.08 Å². The molecular weight excluding hydrogens is 214 g/mol. The minimum absolute atomic E-state index is 0.803. The Morgan fingerprint density at radius 2 is 1.82 bits per heavy atom. The average Bonchev–Trinajstić information content (AvgIpc) is 2.66. The molecule has 0 spiro atoms. The third-order valence-corrected chi connectivity index (χ3v) is 2.57. The van der Waals surface area contributed by atoms with Crippen LogP contribution in [0.1, 0.15) is 24.8 Å². The molecule has 0 amide bonds. The minimum atomic E-state index is 0.803. The van der Waals surface area contributed by atoms with Gasteiger partial charge >= 0.3 is 0 Å². The van der Waals surface area contributed by atoms with Gasteiger partial charge < -0.3 is 9.57 Å². The number of hydrogen-bond acceptors (Lipinski definition) is 3. The lowest BCUT2D eigenvalue weighted by molar-refractivity contribution is 0.0968. The fourth-order valence-corrected chi connectivity index (χ4v) is 1.66. The maximum atomic E-state index is 5.07. The number of ether oxygens (including phenoxy) is 1. The summed E-state index contributed by atoms with van der Waals surface area (Å²) in [5.41, 5.74) is 1.06. The third-order valence-electron chi connectivity index (χ3n) is 2.57. The van der Waals surface area contributed by atoms with Crippen LogP contribution in [0.5, 0.6) is 5.75 Å². The zero-order valence-electron chi connectivity index (χ0n) is 9.84. The zero-order chi connectivity index (χ0) is 11.8. The number of para-hydroxylation sites is 1. The van der Waals surface area contributed by atoms with Crippen LogP contribution >= 0.6 is 0 Å². The van der Waals surface area contributed by atoms with E-state index in [9.17, 15) is 0 Å². The van der Waals surface area contributed by atoms with Crippen molar-refractivity contribution in [3.8, 4) is 5.75 Å². The molecule has 0 N–H and O–H groups in total. The number of rotatable bonds is 0. The molecule has 0 unspecified atom stereocenters. The first kappa shape index (κ1) is 11.9. The second-order valence-electron chi connectivity index (χ2n) is 3.92. The van der Waals surface area contributed by atoms with Crippen LogP contribution in [0.3, 0.4) is 0 Å². The molecule has 1 saturated heterocycles. The van der Waals surface area contributed by atoms with Crippen molar-refractivity contribution in [2.45, 2.75) is 19.3 Å². The number of fused-ring (bicyclic) bond motifs is 1. The van der Waals surface area contributed by atoms with Gasteiger partial charge in [-0.25, -0.2) is 0 Å². The van der Waals surface area contributed by atoms with Crippen molar-refractivity contribution in [2.24, 2.45) is 5.16 Å². The van der Waals surface area contributed by atoms with Crippen molar-refractivity contribution in [1.82, 2.24) is 0 Å². The van der Waals surface area contributed by atoms with Gasteiger partial charge in [0.2, 0.25) is 0 Å². The molecule has 0 bridgehead atoms. The molecule has 3 rings (SSSR count). The maximum absolute atomic E-state index is 5.07. The van der Waals surface area contributed by atoms with E-state index in [0.717, 1.165) is 24.5 Å². The highest BCUT2D eigenvalue weighted by molar-refractivity contribution is 5.80. The van der Waals surface area contributed by atoms with Crippen molar-refractivity contribution >= 4 is 12.3 Å². The lowest BCUT2D eigenvalue weighted by Gasteiger charge is -2.08. The Labute approximate surface area is 102 Å². The molecule has 0 radical (unpaired) electrons. The second-order valence-corrected chi connectivity index (χ2v) is 3.92. The predicted octanol–water partition coefficient (Wildman–Crippen LogP) is 3.26. The fourth-order valence-electron chi connectivity index (χ4n) is 1.66. The fraction of sp³-hybridized carbons (Fsp3) is 0.357. The number of nitrogens with zero attached hydrogens (tertiary/aromatic N) is 1. The van der Waals surface area contributed by atoms with E-state index in [2.05, 4.69) is 5.16 Å². The van der Waals surface area contributed by atoms with Gasteiger partial charge in [-0.1, -0.05) is 23.4 Å². The molecule has 90 valence electrons. The highest BCUT2D eigenvalue weighted by Crippen LogP contribution is 2.20. The lowest BCUT2D eigenvalue weighted by atomic mass is 10.2. The normalized spacial score (nSPS) is 17.2. The lowest BCUT2D eigenvalue weighted by Crippen LogP contribution is -2.03. The van der Waals surface area contributed by atoms with Crippen molar-refractivity contribution < 1.29 is 9.57 Å². The van der Waals surface area contributed by atoms with Crippen LogP contribution in [0.2, 0.25) is 0 Å². The van der Waals surface area contributed by atoms with E-state index in [1.807, 2.05) is 36.4 Å². The highest BCUT2D eigenvalue weighted by Gasteiger charge is 1.99. The van der Waals surface area contributed by atoms with E-state index in [1.165, 1.54) is 19.3 Å². The molecule has 3 nitrogen and oxygen atoms in total. The molecule has 17 heavy (non-hydrogen) atoms. The summed E-state index contributed by atoms with van der Waals surface area (Å²) in [6.45, 7) is 2.00. The Kier molecular flexibility index (Phi) is 4.79. The van der Waals surface area contributed by atoms with E-state index in [-0.39, 0.29) is 0 Å². The molecule has 2 aliphatic heterocycles. The standard InChI is InChI=1S/C9H7NO.C5H10O/c1-2-6-9-8(4-1)5-3-7-10-11-9;1-2-4-6-5-3-1/h1-7H;1-5H2. The Morgan fingerprint density at radius 3 is 2.53 bits per heavy atom. The summed E-state index contributed by atoms with van der Waals surface area (Å²) in [7, 11) is 0. The Hall–Kier alpha value is -1.61. The molecule has 1 aromatic carbocycles. The maximum Gasteiger partial charge on any atom is 0.165 e. The van der Waals surface area contributed by atoms with E-state index >= 15 is 0 Å². The first-order valence-corrected chi connectivity index (χ1v) is 6.00. The molecule has 1 fully saturated rings. The summed E-state index contributed by atoms with van der Waals surface area (Å²) in [6.07, 6.45) is 9.37. The summed E-state index contributed by atoms with van der Waals surface area (Å²) in [6, 6.07) is 7.77. The number of hydrogen-bond donors (Lipinski definition) is 0. The summed E-state index contributed by atoms with van der Waals surface area (Å²) in [5, 5.41) is 3.70. The molecule has 0 atom stereocenters. The van der Waals surface area contributed by atoms with Gasteiger partial charge in [-0.15, -0.1) is 0 Å². The molecule has 0 aromatic heterocycles. The Morgan fingerprint density at radius 1 is 1.00 bits per heavy atom. The number of oxime groups is 1. The van der Waals surface area contributed by atoms with Crippen LogP contribution in [0, 0.1) is 0 Å². The molecule has 3 heteroatoms. The molecular formula is C14H17NO2. The van der Waals surface area contributed by atoms with Crippen LogP contribution in [-0.2, 0) is 4.74 Å². The topological polar surface area (TPSA) is 30.8 Å². The van der Waals surface area contributed by atoms with Crippen LogP contribution < -0.4 is 4.84 Å². The van der Waals surface area contributed by atoms with Gasteiger partial charge in [-0.2, -0.15) is 0 Å². The van der Waals surface area contributed by atoms with Crippen molar-refractivity contribution in [3.05, 3.63) is 35.9 Å². The quantitative estimate of drug-likeness (QED) is 0.686.